The largest absolute Gasteiger partial charge is 0.360 e. The van der Waals surface area contributed by atoms with Crippen molar-refractivity contribution in [3.05, 3.63) is 88.2 Å². The maximum absolute atomic E-state index is 14.0. The van der Waals surface area contributed by atoms with Crippen LogP contribution < -0.4 is 5.32 Å². The van der Waals surface area contributed by atoms with Crippen LogP contribution in [0.1, 0.15) is 97.3 Å². The summed E-state index contributed by atoms with van der Waals surface area (Å²) in [4.78, 5) is 4.61. The molecule has 1 aromatic rings. The van der Waals surface area contributed by atoms with Gasteiger partial charge in [0.25, 0.3) is 0 Å². The number of allylic oxidation sites excluding steroid dienone is 7. The van der Waals surface area contributed by atoms with Gasteiger partial charge in [-0.3, -0.25) is 4.99 Å². The summed E-state index contributed by atoms with van der Waals surface area (Å²) in [6.07, 6.45) is 10.00. The summed E-state index contributed by atoms with van der Waals surface area (Å²) in [7, 11) is 0. The Labute approximate surface area is 213 Å². The summed E-state index contributed by atoms with van der Waals surface area (Å²) < 4.78 is 14.0. The first-order valence-corrected chi connectivity index (χ1v) is 12.9. The zero-order chi connectivity index (χ0) is 26.3. The summed E-state index contributed by atoms with van der Waals surface area (Å²) in [6, 6.07) is 6.71. The van der Waals surface area contributed by atoms with Gasteiger partial charge in [0.15, 0.2) is 0 Å². The van der Waals surface area contributed by atoms with E-state index in [9.17, 15) is 4.39 Å². The fraction of sp³-hybridized carbons (Fsp3) is 0.469. The highest BCUT2D eigenvalue weighted by Gasteiger charge is 2.35. The van der Waals surface area contributed by atoms with E-state index in [4.69, 9.17) is 0 Å². The lowest BCUT2D eigenvalue weighted by atomic mass is 9.64. The van der Waals surface area contributed by atoms with Gasteiger partial charge in [0, 0.05) is 23.0 Å². The molecule has 190 valence electrons. The minimum absolute atomic E-state index is 0.0629. The Balaban J connectivity index is 2.43. The summed E-state index contributed by atoms with van der Waals surface area (Å²) in [5.74, 6) is -0.130. The van der Waals surface area contributed by atoms with Gasteiger partial charge in [-0.05, 0) is 94.2 Å². The first kappa shape index (κ1) is 28.6. The second kappa shape index (κ2) is 12.3. The van der Waals surface area contributed by atoms with Gasteiger partial charge in [0.1, 0.15) is 5.83 Å². The van der Waals surface area contributed by atoms with Gasteiger partial charge in [0.05, 0.1) is 5.70 Å². The van der Waals surface area contributed by atoms with Crippen molar-refractivity contribution in [3.8, 4) is 0 Å². The molecule has 0 saturated heterocycles. The van der Waals surface area contributed by atoms with Crippen molar-refractivity contribution < 1.29 is 4.39 Å². The molecule has 0 bridgehead atoms. The van der Waals surface area contributed by atoms with Gasteiger partial charge < -0.3 is 5.32 Å². The number of benzene rings is 1. The van der Waals surface area contributed by atoms with Crippen LogP contribution in [-0.2, 0) is 5.41 Å². The highest BCUT2D eigenvalue weighted by molar-refractivity contribution is 5.75. The van der Waals surface area contributed by atoms with Gasteiger partial charge in [-0.1, -0.05) is 70.0 Å². The molecule has 1 N–H and O–H groups in total. The summed E-state index contributed by atoms with van der Waals surface area (Å²) in [5, 5.41) is 3.27. The molecule has 3 heteroatoms. The van der Waals surface area contributed by atoms with E-state index >= 15 is 0 Å². The Bertz CT molecular complexity index is 1070. The van der Waals surface area contributed by atoms with Crippen LogP contribution in [0.3, 0.4) is 0 Å². The predicted molar refractivity (Wildman–Crippen MR) is 152 cm³/mol. The molecule has 35 heavy (non-hydrogen) atoms. The number of nitrogens with one attached hydrogen (secondary N) is 1. The molecule has 0 unspecified atom stereocenters. The lowest BCUT2D eigenvalue weighted by Crippen LogP contribution is -2.31. The van der Waals surface area contributed by atoms with Gasteiger partial charge in [0.2, 0.25) is 0 Å². The number of rotatable bonds is 9. The van der Waals surface area contributed by atoms with Gasteiger partial charge in [-0.25, -0.2) is 4.39 Å². The molecule has 0 radical (unpaired) electrons. The molecule has 1 aliphatic carbocycles. The van der Waals surface area contributed by atoms with E-state index in [0.29, 0.717) is 5.70 Å². The fourth-order valence-electron chi connectivity index (χ4n) is 5.23. The van der Waals surface area contributed by atoms with Crippen LogP contribution in [0.15, 0.2) is 76.5 Å². The van der Waals surface area contributed by atoms with Crippen LogP contribution >= 0.6 is 0 Å². The molecular weight excluding hydrogens is 431 g/mol. The van der Waals surface area contributed by atoms with Crippen molar-refractivity contribution in [1.82, 2.24) is 5.32 Å². The second-order valence-electron chi connectivity index (χ2n) is 10.4. The Morgan fingerprint density at radius 3 is 2.20 bits per heavy atom. The van der Waals surface area contributed by atoms with E-state index in [1.54, 1.807) is 6.21 Å². The Hall–Kier alpha value is -2.68. The van der Waals surface area contributed by atoms with Crippen molar-refractivity contribution in [3.63, 3.8) is 0 Å². The third-order valence-corrected chi connectivity index (χ3v) is 7.43. The summed E-state index contributed by atoms with van der Waals surface area (Å²) in [6.45, 7) is 24.5. The van der Waals surface area contributed by atoms with Crippen molar-refractivity contribution in [2.24, 2.45) is 10.9 Å². The van der Waals surface area contributed by atoms with E-state index in [1.165, 1.54) is 55.7 Å². The van der Waals surface area contributed by atoms with E-state index in [0.717, 1.165) is 28.1 Å². The lowest BCUT2D eigenvalue weighted by molar-refractivity contribution is 0.339. The third kappa shape index (κ3) is 6.72. The van der Waals surface area contributed by atoms with Gasteiger partial charge in [-0.2, -0.15) is 0 Å². The molecule has 0 atom stereocenters. The SMILES string of the molecule is C=C(/C=C(N=CC)\C(C)=C(/C)N/C(=C(/C)F)C(C)C)c1ccc(C2(C(=C)C)CCCCC2)c(C)c1. The van der Waals surface area contributed by atoms with Crippen molar-refractivity contribution in [1.29, 1.82) is 0 Å². The first-order valence-electron chi connectivity index (χ1n) is 12.9. The molecule has 1 fully saturated rings. The quantitative estimate of drug-likeness (QED) is 0.214. The number of aryl methyl sites for hydroxylation is 1. The average molecular weight is 477 g/mol. The molecular formula is C32H45FN2. The normalized spacial score (nSPS) is 17.8. The molecule has 0 aliphatic heterocycles. The monoisotopic (exact) mass is 476 g/mol. The van der Waals surface area contributed by atoms with Crippen LogP contribution in [0.25, 0.3) is 5.57 Å². The number of halogens is 1. The molecule has 0 heterocycles. The first-order chi connectivity index (χ1) is 16.4. The van der Waals surface area contributed by atoms with Crippen LogP contribution in [0.4, 0.5) is 4.39 Å². The molecule has 0 spiro atoms. The summed E-state index contributed by atoms with van der Waals surface area (Å²) in [5.41, 5.74) is 9.30. The standard InChI is InChI=1S/C32H45FN2/c1-11-34-30(25(8)27(10)35-31(21(2)3)26(9)33)20-23(6)28-15-16-29(24(7)19-28)32(22(4)5)17-13-12-14-18-32/h11,15-16,19-21,35H,4,6,12-14,17-18H2,1-3,5,7-10H3/b27-25+,30-20+,31-26-,34-11?. The average Bonchev–Trinajstić information content (AvgIpc) is 2.81. The van der Waals surface area contributed by atoms with E-state index < -0.39 is 0 Å². The minimum Gasteiger partial charge on any atom is -0.360 e. The molecule has 2 rings (SSSR count). The second-order valence-corrected chi connectivity index (χ2v) is 10.4. The van der Waals surface area contributed by atoms with Crippen LogP contribution in [-0.4, -0.2) is 6.21 Å². The number of nitrogens with zero attached hydrogens (tertiary/aromatic N) is 1. The van der Waals surface area contributed by atoms with Crippen molar-refractivity contribution in [2.45, 2.75) is 92.9 Å². The molecule has 2 nitrogen and oxygen atoms in total. The highest BCUT2D eigenvalue weighted by Crippen LogP contribution is 2.45. The van der Waals surface area contributed by atoms with Crippen molar-refractivity contribution in [2.75, 3.05) is 0 Å². The maximum Gasteiger partial charge on any atom is 0.116 e. The molecule has 1 aromatic carbocycles. The van der Waals surface area contributed by atoms with Crippen LogP contribution in [0.2, 0.25) is 0 Å². The topological polar surface area (TPSA) is 24.4 Å². The molecule has 1 saturated carbocycles. The Morgan fingerprint density at radius 1 is 1.09 bits per heavy atom. The van der Waals surface area contributed by atoms with E-state index in [1.807, 2.05) is 40.7 Å². The maximum atomic E-state index is 14.0. The summed E-state index contributed by atoms with van der Waals surface area (Å²) >= 11 is 0. The van der Waals surface area contributed by atoms with Crippen molar-refractivity contribution >= 4 is 11.8 Å². The minimum atomic E-state index is -0.192. The zero-order valence-electron chi connectivity index (χ0n) is 23.2. The number of hydrogen-bond donors (Lipinski definition) is 1. The van der Waals surface area contributed by atoms with Crippen LogP contribution in [0.5, 0.6) is 0 Å². The fourth-order valence-corrected chi connectivity index (χ4v) is 5.23. The van der Waals surface area contributed by atoms with E-state index in [-0.39, 0.29) is 17.2 Å². The van der Waals surface area contributed by atoms with Crippen LogP contribution in [0, 0.1) is 12.8 Å². The molecule has 0 amide bonds. The Kier molecular flexibility index (Phi) is 10.1. The Morgan fingerprint density at radius 2 is 1.71 bits per heavy atom. The van der Waals surface area contributed by atoms with Gasteiger partial charge >= 0.3 is 0 Å². The zero-order valence-corrected chi connectivity index (χ0v) is 23.2. The van der Waals surface area contributed by atoms with E-state index in [2.05, 4.69) is 55.5 Å². The predicted octanol–water partition coefficient (Wildman–Crippen LogP) is 9.50. The lowest BCUT2D eigenvalue weighted by Gasteiger charge is -2.40. The number of hydrogen-bond acceptors (Lipinski definition) is 2. The number of aliphatic imine (C=N–C) groups is 1. The molecule has 1 aliphatic rings. The van der Waals surface area contributed by atoms with Gasteiger partial charge in [-0.15, -0.1) is 0 Å². The molecule has 0 aromatic heterocycles. The third-order valence-electron chi connectivity index (χ3n) is 7.43. The highest BCUT2D eigenvalue weighted by atomic mass is 19.1. The smallest absolute Gasteiger partial charge is 0.116 e.